The van der Waals surface area contributed by atoms with E-state index in [1.54, 1.807) is 6.20 Å². The quantitative estimate of drug-likeness (QED) is 0.377. The van der Waals surface area contributed by atoms with E-state index in [0.717, 1.165) is 74.8 Å². The molecule has 1 unspecified atom stereocenters. The summed E-state index contributed by atoms with van der Waals surface area (Å²) in [6, 6.07) is 2.39. The predicted octanol–water partition coefficient (Wildman–Crippen LogP) is 2.45. The lowest BCUT2D eigenvalue weighted by Gasteiger charge is -2.58. The van der Waals surface area contributed by atoms with Crippen LogP contribution < -0.4 is 16.0 Å². The molecule has 4 bridgehead atoms. The Balaban J connectivity index is 1.19. The largest absolute Gasteiger partial charge is 0.390 e. The van der Waals surface area contributed by atoms with E-state index in [9.17, 15) is 9.90 Å². The summed E-state index contributed by atoms with van der Waals surface area (Å²) in [5.74, 6) is 1.52. The molecule has 35 heavy (non-hydrogen) atoms. The van der Waals surface area contributed by atoms with Crippen LogP contribution in [0.5, 0.6) is 0 Å². The van der Waals surface area contributed by atoms with Gasteiger partial charge in [-0.25, -0.2) is 4.98 Å². The number of hydrogen-bond donors (Lipinski definition) is 5. The summed E-state index contributed by atoms with van der Waals surface area (Å²) in [7, 11) is 0. The van der Waals surface area contributed by atoms with Gasteiger partial charge in [-0.3, -0.25) is 4.79 Å². The number of pyridine rings is 1. The number of nitrogens with one attached hydrogen (secondary N) is 4. The van der Waals surface area contributed by atoms with Gasteiger partial charge in [0.05, 0.1) is 16.9 Å². The first-order valence-electron chi connectivity index (χ1n) is 12.9. The molecule has 10 heteroatoms. The highest BCUT2D eigenvalue weighted by Gasteiger charge is 2.54. The number of H-pyrrole nitrogens is 1. The van der Waals surface area contributed by atoms with Crippen molar-refractivity contribution >= 4 is 22.6 Å². The molecule has 10 nitrogen and oxygen atoms in total. The second kappa shape index (κ2) is 8.03. The van der Waals surface area contributed by atoms with Crippen molar-refractivity contribution in [2.24, 2.45) is 17.8 Å². The number of amides is 1. The molecule has 184 valence electrons. The molecule has 5 N–H and O–H groups in total. The number of rotatable bonds is 5. The minimum Gasteiger partial charge on any atom is -0.390 e. The van der Waals surface area contributed by atoms with Crippen LogP contribution in [0, 0.1) is 17.8 Å². The van der Waals surface area contributed by atoms with Crippen LogP contribution in [0.2, 0.25) is 0 Å². The Labute approximate surface area is 202 Å². The highest BCUT2D eigenvalue weighted by molar-refractivity contribution is 5.97. The Morgan fingerprint density at radius 1 is 1.17 bits per heavy atom. The Kier molecular flexibility index (Phi) is 4.89. The van der Waals surface area contributed by atoms with E-state index in [1.165, 1.54) is 0 Å². The van der Waals surface area contributed by atoms with Crippen molar-refractivity contribution in [2.45, 2.75) is 62.6 Å². The number of aromatic amines is 1. The van der Waals surface area contributed by atoms with Crippen LogP contribution in [0.25, 0.3) is 22.5 Å². The molecule has 0 aromatic carbocycles. The first-order chi connectivity index (χ1) is 17.0. The average molecular weight is 478 g/mol. The predicted molar refractivity (Wildman–Crippen MR) is 129 cm³/mol. The SMILES string of the molecule is O=C(NC1CCNCC1)c1noc(-c2cnc3[nH]ccc3c2N[C@H]2[C@@H]3CC4C[C@H]2C[C@@](O)(C4)C3)n1. The lowest BCUT2D eigenvalue weighted by Crippen LogP contribution is -2.59. The number of fused-ring (bicyclic) bond motifs is 1. The topological polar surface area (TPSA) is 141 Å². The summed E-state index contributed by atoms with van der Waals surface area (Å²) in [4.78, 5) is 24.9. The first kappa shape index (κ1) is 21.3. The Morgan fingerprint density at radius 2 is 1.97 bits per heavy atom. The van der Waals surface area contributed by atoms with Gasteiger partial charge in [0.25, 0.3) is 17.6 Å². The van der Waals surface area contributed by atoms with E-state index in [-0.39, 0.29) is 29.7 Å². The van der Waals surface area contributed by atoms with E-state index in [1.807, 2.05) is 12.3 Å². The Morgan fingerprint density at radius 3 is 2.74 bits per heavy atom. The van der Waals surface area contributed by atoms with Gasteiger partial charge in [-0.15, -0.1) is 0 Å². The maximum atomic E-state index is 12.8. The van der Waals surface area contributed by atoms with Crippen LogP contribution in [0.4, 0.5) is 5.69 Å². The van der Waals surface area contributed by atoms with Crippen molar-refractivity contribution in [1.82, 2.24) is 30.7 Å². The third-order valence-electron chi connectivity index (χ3n) is 8.67. The molecule has 5 fully saturated rings. The van der Waals surface area contributed by atoms with Crippen molar-refractivity contribution in [3.63, 3.8) is 0 Å². The van der Waals surface area contributed by atoms with Crippen molar-refractivity contribution in [2.75, 3.05) is 18.4 Å². The van der Waals surface area contributed by atoms with Gasteiger partial charge in [-0.05, 0) is 81.9 Å². The number of aliphatic hydroxyl groups is 1. The molecule has 1 aliphatic heterocycles. The third kappa shape index (κ3) is 3.70. The number of aromatic nitrogens is 4. The molecule has 5 atom stereocenters. The van der Waals surface area contributed by atoms with Gasteiger partial charge in [0.2, 0.25) is 0 Å². The molecule has 0 radical (unpaired) electrons. The van der Waals surface area contributed by atoms with Crippen LogP contribution in [-0.4, -0.2) is 61.9 Å². The van der Waals surface area contributed by atoms with Gasteiger partial charge in [-0.2, -0.15) is 4.98 Å². The maximum Gasteiger partial charge on any atom is 0.292 e. The van der Waals surface area contributed by atoms with Crippen LogP contribution in [-0.2, 0) is 0 Å². The van der Waals surface area contributed by atoms with Crippen molar-refractivity contribution in [3.8, 4) is 11.5 Å². The van der Waals surface area contributed by atoms with Crippen molar-refractivity contribution in [3.05, 3.63) is 24.3 Å². The van der Waals surface area contributed by atoms with Crippen molar-refractivity contribution < 1.29 is 14.4 Å². The minimum absolute atomic E-state index is 0.0375. The summed E-state index contributed by atoms with van der Waals surface area (Å²) in [6.07, 6.45) is 10.4. The van der Waals surface area contributed by atoms with Crippen LogP contribution in [0.1, 0.15) is 55.6 Å². The molecule has 0 spiro atoms. The zero-order valence-corrected chi connectivity index (χ0v) is 19.6. The van der Waals surface area contributed by atoms with Crippen LogP contribution in [0.3, 0.4) is 0 Å². The van der Waals surface area contributed by atoms with Crippen LogP contribution >= 0.6 is 0 Å². The number of anilines is 1. The molecule has 4 aliphatic carbocycles. The van der Waals surface area contributed by atoms with Gasteiger partial charge in [0.1, 0.15) is 5.65 Å². The molecule has 1 amide bonds. The second-order valence-corrected chi connectivity index (χ2v) is 11.1. The van der Waals surface area contributed by atoms with Gasteiger partial charge < -0.3 is 30.6 Å². The molecule has 5 aliphatic rings. The third-order valence-corrected chi connectivity index (χ3v) is 8.67. The molecule has 4 saturated carbocycles. The maximum absolute atomic E-state index is 12.8. The summed E-state index contributed by atoms with van der Waals surface area (Å²) < 4.78 is 5.59. The summed E-state index contributed by atoms with van der Waals surface area (Å²) in [5.41, 5.74) is 1.89. The monoisotopic (exact) mass is 477 g/mol. The van der Waals surface area contributed by atoms with Gasteiger partial charge in [-0.1, -0.05) is 5.16 Å². The Hall–Kier alpha value is -2.98. The zero-order valence-electron chi connectivity index (χ0n) is 19.6. The highest BCUT2D eigenvalue weighted by Crippen LogP contribution is 2.56. The van der Waals surface area contributed by atoms with Gasteiger partial charge >= 0.3 is 0 Å². The molecular weight excluding hydrogens is 446 g/mol. The fraction of sp³-hybridized carbons (Fsp3) is 0.600. The van der Waals surface area contributed by atoms with Gasteiger partial charge in [0.15, 0.2) is 0 Å². The Bertz CT molecular complexity index is 1250. The number of carbonyl (C=O) groups is 1. The van der Waals surface area contributed by atoms with Gasteiger partial charge in [0, 0.05) is 29.9 Å². The molecule has 3 aromatic rings. The molecule has 3 aromatic heterocycles. The average Bonchev–Trinajstić information content (AvgIpc) is 3.51. The zero-order chi connectivity index (χ0) is 23.6. The fourth-order valence-corrected chi connectivity index (χ4v) is 7.35. The summed E-state index contributed by atoms with van der Waals surface area (Å²) >= 11 is 0. The van der Waals surface area contributed by atoms with Crippen molar-refractivity contribution in [1.29, 1.82) is 0 Å². The number of piperidine rings is 1. The standard InChI is InChI=1S/C25H31N7O3/c33-23(29-16-1-4-26-5-2-16)22-31-24(35-32-22)18-12-28-21-17(3-6-27-21)20(18)30-19-14-7-13-8-15(19)11-25(34,9-13)10-14/h3,6,12-16,19,26,34H,1-2,4-5,7-11H2,(H,29,33)(H2,27,28,30)/t13?,14-,15+,19+,25-. The van der Waals surface area contributed by atoms with E-state index < -0.39 is 5.60 Å². The molecule has 4 heterocycles. The van der Waals surface area contributed by atoms with E-state index in [4.69, 9.17) is 4.52 Å². The molecular formula is C25H31N7O3. The number of carbonyl (C=O) groups excluding carboxylic acids is 1. The molecule has 1 saturated heterocycles. The van der Waals surface area contributed by atoms with E-state index >= 15 is 0 Å². The summed E-state index contributed by atoms with van der Waals surface area (Å²) in [6.45, 7) is 1.78. The lowest BCUT2D eigenvalue weighted by atomic mass is 9.52. The lowest BCUT2D eigenvalue weighted by molar-refractivity contribution is -0.129. The first-order valence-corrected chi connectivity index (χ1v) is 12.9. The summed E-state index contributed by atoms with van der Waals surface area (Å²) in [5, 5.41) is 26.1. The van der Waals surface area contributed by atoms with E-state index in [2.05, 4.69) is 36.1 Å². The smallest absolute Gasteiger partial charge is 0.292 e. The van der Waals surface area contributed by atoms with E-state index in [0.29, 0.717) is 23.3 Å². The molecule has 8 rings (SSSR count). The fourth-order valence-electron chi connectivity index (χ4n) is 7.35. The normalized spacial score (nSPS) is 32.3. The minimum atomic E-state index is -0.484. The highest BCUT2D eigenvalue weighted by atomic mass is 16.5. The number of hydrogen-bond acceptors (Lipinski definition) is 8. The van der Waals surface area contributed by atoms with Crippen LogP contribution in [0.15, 0.2) is 23.0 Å². The number of nitrogens with zero attached hydrogens (tertiary/aromatic N) is 3. The second-order valence-electron chi connectivity index (χ2n) is 11.1.